The van der Waals surface area contributed by atoms with Crippen molar-refractivity contribution in [3.8, 4) is 11.4 Å². The van der Waals surface area contributed by atoms with Gasteiger partial charge in [-0.25, -0.2) is 4.68 Å². The van der Waals surface area contributed by atoms with Gasteiger partial charge in [0.05, 0.1) is 12.5 Å². The molecule has 0 radical (unpaired) electrons. The van der Waals surface area contributed by atoms with Gasteiger partial charge in [0.1, 0.15) is 0 Å². The lowest BCUT2D eigenvalue weighted by Crippen LogP contribution is -2.23. The Hall–Kier alpha value is -1.76. The highest BCUT2D eigenvalue weighted by molar-refractivity contribution is 7.08. The summed E-state index contributed by atoms with van der Waals surface area (Å²) in [6.45, 7) is 4.32. The van der Waals surface area contributed by atoms with Crippen LogP contribution in [0, 0.1) is 11.8 Å². The second-order valence-electron chi connectivity index (χ2n) is 4.86. The van der Waals surface area contributed by atoms with Crippen LogP contribution in [0.3, 0.4) is 0 Å². The number of rotatable bonds is 6. The predicted molar refractivity (Wildman–Crippen MR) is 71.7 cm³/mol. The summed E-state index contributed by atoms with van der Waals surface area (Å²) in [4.78, 5) is 11.3. The smallest absolute Gasteiger partial charge is 0.308 e. The topological polar surface area (TPSA) is 80.9 Å². The molecular weight excluding hydrogens is 264 g/mol. The maximum atomic E-state index is 11.3. The van der Waals surface area contributed by atoms with Crippen LogP contribution >= 0.6 is 11.3 Å². The summed E-state index contributed by atoms with van der Waals surface area (Å²) >= 11 is 1.56. The Morgan fingerprint density at radius 2 is 2.32 bits per heavy atom. The molecular formula is C12H16N4O2S. The minimum atomic E-state index is -0.805. The molecule has 19 heavy (non-hydrogen) atoms. The fourth-order valence-corrected chi connectivity index (χ4v) is 2.59. The van der Waals surface area contributed by atoms with Crippen LogP contribution in [0.1, 0.15) is 20.3 Å². The van der Waals surface area contributed by atoms with E-state index in [0.29, 0.717) is 24.7 Å². The Labute approximate surface area is 115 Å². The molecule has 102 valence electrons. The summed E-state index contributed by atoms with van der Waals surface area (Å²) < 4.78 is 1.57. The van der Waals surface area contributed by atoms with Crippen molar-refractivity contribution in [3.63, 3.8) is 0 Å². The van der Waals surface area contributed by atoms with Crippen LogP contribution in [0.5, 0.6) is 0 Å². The van der Waals surface area contributed by atoms with Crippen LogP contribution in [-0.4, -0.2) is 31.3 Å². The first-order chi connectivity index (χ1) is 9.08. The summed E-state index contributed by atoms with van der Waals surface area (Å²) in [6, 6.07) is 1.92. The predicted octanol–water partition coefficient (Wildman–Crippen LogP) is 2.15. The first kappa shape index (κ1) is 13.7. The van der Waals surface area contributed by atoms with Gasteiger partial charge in [-0.3, -0.25) is 4.79 Å². The molecule has 2 rings (SSSR count). The number of carboxylic acid groups (broad SMARTS) is 1. The van der Waals surface area contributed by atoms with Crippen molar-refractivity contribution in [1.82, 2.24) is 20.2 Å². The van der Waals surface area contributed by atoms with Crippen molar-refractivity contribution in [3.05, 3.63) is 16.8 Å². The Balaban J connectivity index is 2.18. The third-order valence-corrected chi connectivity index (χ3v) is 3.49. The second kappa shape index (κ2) is 5.92. The highest BCUT2D eigenvalue weighted by Gasteiger charge is 2.22. The van der Waals surface area contributed by atoms with Crippen molar-refractivity contribution in [2.45, 2.75) is 26.8 Å². The Morgan fingerprint density at radius 1 is 1.53 bits per heavy atom. The Bertz CT molecular complexity index is 536. The van der Waals surface area contributed by atoms with Crippen molar-refractivity contribution in [2.75, 3.05) is 0 Å². The van der Waals surface area contributed by atoms with E-state index in [9.17, 15) is 9.90 Å². The van der Waals surface area contributed by atoms with E-state index < -0.39 is 11.9 Å². The lowest BCUT2D eigenvalue weighted by molar-refractivity contribution is -0.142. The van der Waals surface area contributed by atoms with E-state index in [1.165, 1.54) is 0 Å². The molecule has 2 heterocycles. The van der Waals surface area contributed by atoms with Gasteiger partial charge >= 0.3 is 5.97 Å². The molecule has 0 aliphatic carbocycles. The van der Waals surface area contributed by atoms with Gasteiger partial charge in [0, 0.05) is 10.9 Å². The van der Waals surface area contributed by atoms with Gasteiger partial charge in [-0.2, -0.15) is 11.3 Å². The molecule has 0 aliphatic rings. The van der Waals surface area contributed by atoms with E-state index in [1.807, 2.05) is 30.7 Å². The number of carboxylic acids is 1. The van der Waals surface area contributed by atoms with Crippen LogP contribution in [0.15, 0.2) is 16.8 Å². The van der Waals surface area contributed by atoms with Crippen LogP contribution in [0.2, 0.25) is 0 Å². The minimum Gasteiger partial charge on any atom is -0.481 e. The lowest BCUT2D eigenvalue weighted by Gasteiger charge is -2.14. The third-order valence-electron chi connectivity index (χ3n) is 2.81. The molecule has 0 fully saturated rings. The molecule has 7 heteroatoms. The molecule has 1 N–H and O–H groups in total. The van der Waals surface area contributed by atoms with Gasteiger partial charge in [0.2, 0.25) is 0 Å². The molecule has 0 bridgehead atoms. The van der Waals surface area contributed by atoms with E-state index in [4.69, 9.17) is 0 Å². The van der Waals surface area contributed by atoms with Crippen LogP contribution < -0.4 is 0 Å². The summed E-state index contributed by atoms with van der Waals surface area (Å²) in [7, 11) is 0. The van der Waals surface area contributed by atoms with Gasteiger partial charge in [-0.1, -0.05) is 13.8 Å². The highest BCUT2D eigenvalue weighted by atomic mass is 32.1. The Kier molecular flexibility index (Phi) is 4.26. The SMILES string of the molecule is CC(C)CC(Cn1nnnc1-c1ccsc1)C(=O)O. The number of thiophene rings is 1. The zero-order chi connectivity index (χ0) is 13.8. The molecule has 1 unspecified atom stereocenters. The molecule has 0 saturated carbocycles. The molecule has 0 amide bonds. The van der Waals surface area contributed by atoms with Crippen LogP contribution in [0.25, 0.3) is 11.4 Å². The second-order valence-corrected chi connectivity index (χ2v) is 5.64. The molecule has 1 atom stereocenters. The first-order valence-electron chi connectivity index (χ1n) is 6.09. The van der Waals surface area contributed by atoms with Crippen molar-refractivity contribution < 1.29 is 9.90 Å². The van der Waals surface area contributed by atoms with Crippen LogP contribution in [0.4, 0.5) is 0 Å². The zero-order valence-corrected chi connectivity index (χ0v) is 11.7. The minimum absolute atomic E-state index is 0.297. The zero-order valence-electron chi connectivity index (χ0n) is 10.9. The van der Waals surface area contributed by atoms with E-state index in [2.05, 4.69) is 15.5 Å². The molecule has 0 spiro atoms. The number of tetrazole rings is 1. The number of aromatic nitrogens is 4. The number of hydrogen-bond donors (Lipinski definition) is 1. The molecule has 0 aromatic carbocycles. The molecule has 0 saturated heterocycles. The molecule has 2 aromatic heterocycles. The summed E-state index contributed by atoms with van der Waals surface area (Å²) in [6.07, 6.45) is 0.609. The quantitative estimate of drug-likeness (QED) is 0.876. The monoisotopic (exact) mass is 280 g/mol. The van der Waals surface area contributed by atoms with E-state index in [-0.39, 0.29) is 0 Å². The number of hydrogen-bond acceptors (Lipinski definition) is 5. The first-order valence-corrected chi connectivity index (χ1v) is 7.03. The maximum absolute atomic E-state index is 11.3. The normalized spacial score (nSPS) is 12.8. The molecule has 2 aromatic rings. The third kappa shape index (κ3) is 3.37. The van der Waals surface area contributed by atoms with Crippen molar-refractivity contribution >= 4 is 17.3 Å². The van der Waals surface area contributed by atoms with Gasteiger partial charge in [-0.15, -0.1) is 5.10 Å². The van der Waals surface area contributed by atoms with E-state index >= 15 is 0 Å². The molecule has 6 nitrogen and oxygen atoms in total. The van der Waals surface area contributed by atoms with Crippen molar-refractivity contribution in [2.24, 2.45) is 11.8 Å². The van der Waals surface area contributed by atoms with Crippen molar-refractivity contribution in [1.29, 1.82) is 0 Å². The van der Waals surface area contributed by atoms with E-state index in [0.717, 1.165) is 5.56 Å². The number of carbonyl (C=O) groups is 1. The average Bonchev–Trinajstić information content (AvgIpc) is 2.96. The molecule has 0 aliphatic heterocycles. The van der Waals surface area contributed by atoms with Gasteiger partial charge in [0.25, 0.3) is 0 Å². The number of nitrogens with zero attached hydrogens (tertiary/aromatic N) is 4. The van der Waals surface area contributed by atoms with Gasteiger partial charge in [-0.05, 0) is 34.2 Å². The summed E-state index contributed by atoms with van der Waals surface area (Å²) in [5, 5.41) is 24.7. The lowest BCUT2D eigenvalue weighted by atomic mass is 9.97. The van der Waals surface area contributed by atoms with Crippen LogP contribution in [-0.2, 0) is 11.3 Å². The largest absolute Gasteiger partial charge is 0.481 e. The maximum Gasteiger partial charge on any atom is 0.308 e. The standard InChI is InChI=1S/C12H16N4O2S/c1-8(2)5-10(12(17)18)6-16-11(13-14-15-16)9-3-4-19-7-9/h3-4,7-8,10H,5-6H2,1-2H3,(H,17,18). The average molecular weight is 280 g/mol. The fraction of sp³-hybridized carbons (Fsp3) is 0.500. The summed E-state index contributed by atoms with van der Waals surface area (Å²) in [5.74, 6) is -0.334. The van der Waals surface area contributed by atoms with Gasteiger partial charge < -0.3 is 5.11 Å². The Morgan fingerprint density at radius 3 is 2.89 bits per heavy atom. The number of aliphatic carboxylic acids is 1. The highest BCUT2D eigenvalue weighted by Crippen LogP contribution is 2.21. The fourth-order valence-electron chi connectivity index (χ4n) is 1.96. The summed E-state index contributed by atoms with van der Waals surface area (Å²) in [5.41, 5.74) is 0.920. The van der Waals surface area contributed by atoms with Gasteiger partial charge in [0.15, 0.2) is 5.82 Å². The van der Waals surface area contributed by atoms with E-state index in [1.54, 1.807) is 16.0 Å².